The molecule has 4 rings (SSSR count). The minimum Gasteiger partial charge on any atom is -0.472 e. The first kappa shape index (κ1) is 19.0. The zero-order chi connectivity index (χ0) is 20.4. The Morgan fingerprint density at radius 1 is 1.03 bits per heavy atom. The summed E-state index contributed by atoms with van der Waals surface area (Å²) < 4.78 is 10.2. The highest BCUT2D eigenvalue weighted by Gasteiger charge is 2.14. The Bertz CT molecular complexity index is 1210. The Morgan fingerprint density at radius 2 is 1.83 bits per heavy atom. The van der Waals surface area contributed by atoms with Crippen LogP contribution >= 0.6 is 11.8 Å². The first-order chi connectivity index (χ1) is 14.1. The van der Waals surface area contributed by atoms with Gasteiger partial charge in [-0.2, -0.15) is 9.36 Å². The number of benzene rings is 2. The lowest BCUT2D eigenvalue weighted by atomic mass is 10.1. The molecule has 0 aliphatic heterocycles. The molecule has 0 N–H and O–H groups in total. The van der Waals surface area contributed by atoms with E-state index in [4.69, 9.17) is 4.74 Å². The predicted molar refractivity (Wildman–Crippen MR) is 111 cm³/mol. The van der Waals surface area contributed by atoms with E-state index >= 15 is 0 Å². The molecule has 0 saturated heterocycles. The number of thioether (sulfide) groups is 1. The van der Waals surface area contributed by atoms with Crippen molar-refractivity contribution in [1.82, 2.24) is 29.6 Å². The van der Waals surface area contributed by atoms with E-state index in [0.29, 0.717) is 11.6 Å². The minimum absolute atomic E-state index is 0.256. The molecule has 8 nitrogen and oxygen atoms in total. The zero-order valence-corrected chi connectivity index (χ0v) is 17.1. The van der Waals surface area contributed by atoms with Gasteiger partial charge in [-0.25, -0.2) is 9.48 Å². The van der Waals surface area contributed by atoms with Gasteiger partial charge in [0.1, 0.15) is 6.61 Å². The molecule has 29 heavy (non-hydrogen) atoms. The van der Waals surface area contributed by atoms with E-state index in [9.17, 15) is 4.79 Å². The van der Waals surface area contributed by atoms with E-state index in [1.165, 1.54) is 9.36 Å². The maximum Gasteiger partial charge on any atom is 0.368 e. The van der Waals surface area contributed by atoms with Crippen LogP contribution in [0.1, 0.15) is 11.1 Å². The van der Waals surface area contributed by atoms with Gasteiger partial charge in [0.15, 0.2) is 0 Å². The molecule has 9 heteroatoms. The van der Waals surface area contributed by atoms with Crippen molar-refractivity contribution in [2.24, 2.45) is 7.05 Å². The van der Waals surface area contributed by atoms with Crippen LogP contribution in [0, 0.1) is 6.92 Å². The molecule has 2 heterocycles. The summed E-state index contributed by atoms with van der Waals surface area (Å²) in [5, 5.41) is 12.3. The van der Waals surface area contributed by atoms with Crippen LogP contribution in [0.3, 0.4) is 0 Å². The van der Waals surface area contributed by atoms with Crippen LogP contribution in [0.15, 0.2) is 64.4 Å². The van der Waals surface area contributed by atoms with E-state index in [-0.39, 0.29) is 12.3 Å². The number of aryl methyl sites for hydroxylation is 2. The molecule has 0 fully saturated rings. The van der Waals surface area contributed by atoms with Gasteiger partial charge in [0.2, 0.25) is 5.88 Å². The standard InChI is InChI=1S/C20H20N6O2S/c1-14-7-6-9-16(26-20(27)24(2)22-23-26)15(14)13-28-19-11-12-25(21-19)17-8-4-5-10-18(17)29-3/h4-12H,13H2,1-3H3. The molecular weight excluding hydrogens is 388 g/mol. The molecule has 0 spiro atoms. The molecule has 0 bridgehead atoms. The molecule has 0 amide bonds. The van der Waals surface area contributed by atoms with Crippen LogP contribution in [-0.2, 0) is 13.7 Å². The Morgan fingerprint density at radius 3 is 2.59 bits per heavy atom. The zero-order valence-electron chi connectivity index (χ0n) is 16.3. The van der Waals surface area contributed by atoms with Crippen LogP contribution in [0.4, 0.5) is 0 Å². The quantitative estimate of drug-likeness (QED) is 0.457. The summed E-state index contributed by atoms with van der Waals surface area (Å²) in [6, 6.07) is 15.6. The van der Waals surface area contributed by atoms with Gasteiger partial charge in [-0.05, 0) is 47.4 Å². The molecule has 4 aromatic rings. The van der Waals surface area contributed by atoms with Crippen molar-refractivity contribution in [1.29, 1.82) is 0 Å². The number of ether oxygens (including phenoxy) is 1. The molecule has 0 atom stereocenters. The van der Waals surface area contributed by atoms with E-state index in [1.54, 1.807) is 23.5 Å². The molecule has 2 aromatic heterocycles. The van der Waals surface area contributed by atoms with Crippen LogP contribution < -0.4 is 10.4 Å². The normalized spacial score (nSPS) is 11.0. The molecule has 0 saturated carbocycles. The molecule has 0 aliphatic rings. The van der Waals surface area contributed by atoms with Gasteiger partial charge in [0.25, 0.3) is 0 Å². The summed E-state index contributed by atoms with van der Waals surface area (Å²) in [7, 11) is 1.57. The van der Waals surface area contributed by atoms with E-state index in [2.05, 4.69) is 21.6 Å². The van der Waals surface area contributed by atoms with Crippen molar-refractivity contribution in [3.63, 3.8) is 0 Å². The Labute approximate surface area is 171 Å². The van der Waals surface area contributed by atoms with Crippen molar-refractivity contribution in [3.8, 4) is 17.3 Å². The minimum atomic E-state index is -0.310. The van der Waals surface area contributed by atoms with Gasteiger partial charge in [0.05, 0.1) is 11.4 Å². The maximum atomic E-state index is 12.3. The number of rotatable bonds is 6. The van der Waals surface area contributed by atoms with Crippen molar-refractivity contribution in [3.05, 3.63) is 76.3 Å². The third kappa shape index (κ3) is 3.68. The van der Waals surface area contributed by atoms with Gasteiger partial charge in [-0.15, -0.1) is 16.9 Å². The number of nitrogens with zero attached hydrogens (tertiary/aromatic N) is 6. The number of hydrogen-bond donors (Lipinski definition) is 0. The van der Waals surface area contributed by atoms with Gasteiger partial charge in [0, 0.05) is 29.8 Å². The predicted octanol–water partition coefficient (Wildman–Crippen LogP) is 2.76. The van der Waals surface area contributed by atoms with Crippen LogP contribution in [-0.4, -0.2) is 35.8 Å². The lowest BCUT2D eigenvalue weighted by molar-refractivity contribution is 0.290. The second-order valence-corrected chi connectivity index (χ2v) is 7.28. The third-order valence-electron chi connectivity index (χ3n) is 4.60. The lowest BCUT2D eigenvalue weighted by Gasteiger charge is -2.11. The number of aromatic nitrogens is 6. The maximum absolute atomic E-state index is 12.3. The molecular formula is C20H20N6O2S. The number of para-hydroxylation sites is 1. The Hall–Kier alpha value is -3.33. The van der Waals surface area contributed by atoms with Crippen LogP contribution in [0.5, 0.6) is 5.88 Å². The summed E-state index contributed by atoms with van der Waals surface area (Å²) in [5.74, 6) is 0.501. The lowest BCUT2D eigenvalue weighted by Crippen LogP contribution is -2.23. The molecule has 0 aliphatic carbocycles. The Kier molecular flexibility index (Phi) is 5.22. The summed E-state index contributed by atoms with van der Waals surface area (Å²) in [5.41, 5.74) is 3.18. The van der Waals surface area contributed by atoms with Crippen molar-refractivity contribution in [2.75, 3.05) is 6.26 Å². The number of tetrazole rings is 1. The number of hydrogen-bond acceptors (Lipinski definition) is 6. The fourth-order valence-electron chi connectivity index (χ4n) is 3.02. The van der Waals surface area contributed by atoms with Crippen LogP contribution in [0.2, 0.25) is 0 Å². The highest BCUT2D eigenvalue weighted by atomic mass is 32.2. The molecule has 0 radical (unpaired) electrons. The molecule has 2 aromatic carbocycles. The highest BCUT2D eigenvalue weighted by Crippen LogP contribution is 2.25. The topological polar surface area (TPSA) is 79.8 Å². The average molecular weight is 408 g/mol. The second-order valence-electron chi connectivity index (χ2n) is 6.43. The van der Waals surface area contributed by atoms with Crippen molar-refractivity contribution < 1.29 is 4.74 Å². The van der Waals surface area contributed by atoms with E-state index in [0.717, 1.165) is 21.7 Å². The van der Waals surface area contributed by atoms with Crippen molar-refractivity contribution in [2.45, 2.75) is 18.4 Å². The van der Waals surface area contributed by atoms with Gasteiger partial charge in [-0.1, -0.05) is 24.3 Å². The van der Waals surface area contributed by atoms with Gasteiger partial charge < -0.3 is 4.74 Å². The van der Waals surface area contributed by atoms with E-state index in [1.807, 2.05) is 61.8 Å². The second kappa shape index (κ2) is 7.96. The smallest absolute Gasteiger partial charge is 0.368 e. The molecule has 148 valence electrons. The fraction of sp³-hybridized carbons (Fsp3) is 0.200. The first-order valence-corrected chi connectivity index (χ1v) is 10.2. The largest absolute Gasteiger partial charge is 0.472 e. The van der Waals surface area contributed by atoms with Gasteiger partial charge >= 0.3 is 5.69 Å². The summed E-state index contributed by atoms with van der Waals surface area (Å²) >= 11 is 1.67. The van der Waals surface area contributed by atoms with Crippen molar-refractivity contribution >= 4 is 11.8 Å². The van der Waals surface area contributed by atoms with Crippen LogP contribution in [0.25, 0.3) is 11.4 Å². The van der Waals surface area contributed by atoms with Gasteiger partial charge in [-0.3, -0.25) is 0 Å². The highest BCUT2D eigenvalue weighted by molar-refractivity contribution is 7.98. The Balaban J connectivity index is 1.60. The monoisotopic (exact) mass is 408 g/mol. The van der Waals surface area contributed by atoms with E-state index < -0.39 is 0 Å². The SMILES string of the molecule is CSc1ccccc1-n1ccc(OCc2c(C)cccc2-n2nnn(C)c2=O)n1. The molecule has 0 unspecified atom stereocenters. The summed E-state index contributed by atoms with van der Waals surface area (Å²) in [4.78, 5) is 13.4. The first-order valence-electron chi connectivity index (χ1n) is 8.98. The third-order valence-corrected chi connectivity index (χ3v) is 5.38. The summed E-state index contributed by atoms with van der Waals surface area (Å²) in [6.45, 7) is 2.23. The summed E-state index contributed by atoms with van der Waals surface area (Å²) in [6.07, 6.45) is 3.91. The fourth-order valence-corrected chi connectivity index (χ4v) is 3.61. The average Bonchev–Trinajstić information content (AvgIpc) is 3.34.